The number of rotatable bonds is 4. The minimum absolute atomic E-state index is 0.389. The van der Waals surface area contributed by atoms with Crippen LogP contribution in [0.5, 0.6) is 5.75 Å². The molecule has 1 rings (SSSR count). The second-order valence-corrected chi connectivity index (χ2v) is 4.58. The van der Waals surface area contributed by atoms with Crippen molar-refractivity contribution in [3.05, 3.63) is 30.3 Å². The van der Waals surface area contributed by atoms with E-state index in [4.69, 9.17) is 9.05 Å². The van der Waals surface area contributed by atoms with Crippen LogP contribution in [-0.2, 0) is 9.09 Å². The Morgan fingerprint density at radius 3 is 2.46 bits per heavy atom. The van der Waals surface area contributed by atoms with Crippen molar-refractivity contribution in [2.75, 3.05) is 13.3 Å². The monoisotopic (exact) mass is 200 g/mol. The largest absolute Gasteiger partial charge is 0.425 e. The summed E-state index contributed by atoms with van der Waals surface area (Å²) in [5, 5.41) is 0. The molecule has 3 nitrogen and oxygen atoms in total. The van der Waals surface area contributed by atoms with Gasteiger partial charge in [-0.1, -0.05) is 18.2 Å². The predicted molar refractivity (Wildman–Crippen MR) is 52.2 cm³/mol. The van der Waals surface area contributed by atoms with Crippen LogP contribution in [0.1, 0.15) is 6.92 Å². The normalized spacial score (nSPS) is 14.9. The molecule has 0 saturated heterocycles. The second kappa shape index (κ2) is 4.45. The summed E-state index contributed by atoms with van der Waals surface area (Å²) in [6.45, 7) is 3.63. The zero-order valence-corrected chi connectivity index (χ0v) is 8.66. The summed E-state index contributed by atoms with van der Waals surface area (Å²) < 4.78 is 21.7. The zero-order valence-electron chi connectivity index (χ0n) is 7.77. The smallest absolute Gasteiger partial charge is 0.376 e. The minimum Gasteiger partial charge on any atom is -0.425 e. The van der Waals surface area contributed by atoms with E-state index in [1.165, 1.54) is 6.66 Å². The van der Waals surface area contributed by atoms with E-state index >= 15 is 0 Å². The average Bonchev–Trinajstić information content (AvgIpc) is 2.04. The number of hydrogen-bond acceptors (Lipinski definition) is 3. The molecular weight excluding hydrogens is 187 g/mol. The van der Waals surface area contributed by atoms with Gasteiger partial charge in [0.25, 0.3) is 0 Å². The fourth-order valence-corrected chi connectivity index (χ4v) is 1.96. The molecule has 0 aromatic heterocycles. The van der Waals surface area contributed by atoms with E-state index in [2.05, 4.69) is 0 Å². The van der Waals surface area contributed by atoms with Crippen molar-refractivity contribution in [2.24, 2.45) is 0 Å². The maximum Gasteiger partial charge on any atom is 0.376 e. The molecule has 4 heteroatoms. The molecule has 0 fully saturated rings. The highest BCUT2D eigenvalue weighted by atomic mass is 31.2. The SMILES string of the molecule is CCO[P@](C)(=O)Oc1ccccc1. The fraction of sp³-hybridized carbons (Fsp3) is 0.333. The van der Waals surface area contributed by atoms with Gasteiger partial charge in [-0.25, -0.2) is 4.57 Å². The molecule has 1 aromatic carbocycles. The summed E-state index contributed by atoms with van der Waals surface area (Å²) in [6, 6.07) is 9.00. The van der Waals surface area contributed by atoms with Crippen LogP contribution in [-0.4, -0.2) is 13.3 Å². The molecule has 0 unspecified atom stereocenters. The molecular formula is C9H13O3P. The van der Waals surface area contributed by atoms with Crippen molar-refractivity contribution in [3.63, 3.8) is 0 Å². The lowest BCUT2D eigenvalue weighted by atomic mass is 10.3. The standard InChI is InChI=1S/C9H13O3P/c1-3-11-13(2,10)12-9-7-5-4-6-8-9/h4-8H,3H2,1-2H3/t13-/m0/s1. The third-order valence-electron chi connectivity index (χ3n) is 1.38. The van der Waals surface area contributed by atoms with Gasteiger partial charge in [0, 0.05) is 6.66 Å². The van der Waals surface area contributed by atoms with Gasteiger partial charge in [0.2, 0.25) is 0 Å². The zero-order chi connectivity index (χ0) is 9.73. The van der Waals surface area contributed by atoms with Gasteiger partial charge in [-0.15, -0.1) is 0 Å². The molecule has 0 spiro atoms. The Labute approximate surface area is 78.2 Å². The van der Waals surface area contributed by atoms with Crippen molar-refractivity contribution in [3.8, 4) is 5.75 Å². The molecule has 1 aromatic rings. The molecule has 0 N–H and O–H groups in total. The second-order valence-electron chi connectivity index (χ2n) is 2.59. The Bertz CT molecular complexity index is 297. The highest BCUT2D eigenvalue weighted by Gasteiger charge is 2.16. The van der Waals surface area contributed by atoms with Crippen LogP contribution in [0.2, 0.25) is 0 Å². The van der Waals surface area contributed by atoms with E-state index in [9.17, 15) is 4.57 Å². The molecule has 13 heavy (non-hydrogen) atoms. The Morgan fingerprint density at radius 2 is 1.92 bits per heavy atom. The van der Waals surface area contributed by atoms with Crippen molar-refractivity contribution in [1.29, 1.82) is 0 Å². The lowest BCUT2D eigenvalue weighted by molar-refractivity contribution is 0.284. The number of benzene rings is 1. The van der Waals surface area contributed by atoms with Gasteiger partial charge >= 0.3 is 7.60 Å². The molecule has 0 radical (unpaired) electrons. The maximum absolute atomic E-state index is 11.5. The van der Waals surface area contributed by atoms with E-state index in [1.807, 2.05) is 18.2 Å². The topological polar surface area (TPSA) is 35.5 Å². The Morgan fingerprint density at radius 1 is 1.31 bits per heavy atom. The molecule has 0 amide bonds. The maximum atomic E-state index is 11.5. The van der Waals surface area contributed by atoms with Crippen molar-refractivity contribution < 1.29 is 13.6 Å². The lowest BCUT2D eigenvalue weighted by Crippen LogP contribution is -1.95. The van der Waals surface area contributed by atoms with Crippen LogP contribution in [0.4, 0.5) is 0 Å². The van der Waals surface area contributed by atoms with E-state index < -0.39 is 7.60 Å². The average molecular weight is 200 g/mol. The Hall–Kier alpha value is -0.790. The van der Waals surface area contributed by atoms with Gasteiger partial charge in [0.05, 0.1) is 6.61 Å². The summed E-state index contributed by atoms with van der Waals surface area (Å²) >= 11 is 0. The van der Waals surface area contributed by atoms with Gasteiger partial charge in [-0.3, -0.25) is 0 Å². The van der Waals surface area contributed by atoms with Crippen LogP contribution in [0.15, 0.2) is 30.3 Å². The van der Waals surface area contributed by atoms with E-state index in [-0.39, 0.29) is 0 Å². The Kier molecular flexibility index (Phi) is 3.52. The first kappa shape index (κ1) is 10.3. The predicted octanol–water partition coefficient (Wildman–Crippen LogP) is 2.92. The van der Waals surface area contributed by atoms with Crippen LogP contribution < -0.4 is 4.52 Å². The molecule has 72 valence electrons. The van der Waals surface area contributed by atoms with E-state index in [1.54, 1.807) is 19.1 Å². The molecule has 1 atom stereocenters. The third kappa shape index (κ3) is 3.62. The third-order valence-corrected chi connectivity index (χ3v) is 2.65. The van der Waals surface area contributed by atoms with Gasteiger partial charge < -0.3 is 9.05 Å². The first-order valence-corrected chi connectivity index (χ1v) is 6.10. The molecule has 0 bridgehead atoms. The summed E-state index contributed by atoms with van der Waals surface area (Å²) in [4.78, 5) is 0. The van der Waals surface area contributed by atoms with E-state index in [0.29, 0.717) is 12.4 Å². The molecule has 0 saturated carbocycles. The summed E-state index contributed by atoms with van der Waals surface area (Å²) in [7, 11) is -2.91. The van der Waals surface area contributed by atoms with Crippen molar-refractivity contribution in [1.82, 2.24) is 0 Å². The molecule has 0 heterocycles. The molecule has 0 aliphatic rings. The number of hydrogen-bond donors (Lipinski definition) is 0. The summed E-state index contributed by atoms with van der Waals surface area (Å²) in [5.74, 6) is 0.571. The van der Waals surface area contributed by atoms with Crippen LogP contribution >= 0.6 is 7.60 Å². The number of para-hydroxylation sites is 1. The minimum atomic E-state index is -2.91. The molecule has 0 aliphatic carbocycles. The van der Waals surface area contributed by atoms with Crippen LogP contribution in [0.3, 0.4) is 0 Å². The van der Waals surface area contributed by atoms with Crippen molar-refractivity contribution in [2.45, 2.75) is 6.92 Å². The fourth-order valence-electron chi connectivity index (χ4n) is 0.934. The summed E-state index contributed by atoms with van der Waals surface area (Å²) in [6.07, 6.45) is 0. The molecule has 0 aliphatic heterocycles. The van der Waals surface area contributed by atoms with Gasteiger partial charge in [-0.05, 0) is 19.1 Å². The highest BCUT2D eigenvalue weighted by Crippen LogP contribution is 2.43. The van der Waals surface area contributed by atoms with E-state index in [0.717, 1.165) is 0 Å². The summed E-state index contributed by atoms with van der Waals surface area (Å²) in [5.41, 5.74) is 0. The first-order valence-electron chi connectivity index (χ1n) is 4.11. The van der Waals surface area contributed by atoms with Crippen LogP contribution in [0, 0.1) is 0 Å². The van der Waals surface area contributed by atoms with Gasteiger partial charge in [-0.2, -0.15) is 0 Å². The van der Waals surface area contributed by atoms with Crippen molar-refractivity contribution >= 4 is 7.60 Å². The Balaban J connectivity index is 2.64. The quantitative estimate of drug-likeness (QED) is 0.701. The lowest BCUT2D eigenvalue weighted by Gasteiger charge is -2.13. The highest BCUT2D eigenvalue weighted by molar-refractivity contribution is 7.53. The first-order chi connectivity index (χ1) is 6.14. The van der Waals surface area contributed by atoms with Gasteiger partial charge in [0.15, 0.2) is 0 Å². The van der Waals surface area contributed by atoms with Crippen LogP contribution in [0.25, 0.3) is 0 Å². The van der Waals surface area contributed by atoms with Gasteiger partial charge in [0.1, 0.15) is 5.75 Å².